The first-order chi connectivity index (χ1) is 10.9. The predicted octanol–water partition coefficient (Wildman–Crippen LogP) is 4.09. The molecule has 0 heterocycles. The lowest BCUT2D eigenvalue weighted by Crippen LogP contribution is -2.42. The van der Waals surface area contributed by atoms with Crippen LogP contribution in [0.3, 0.4) is 0 Å². The number of hydrazine groups is 1. The van der Waals surface area contributed by atoms with E-state index in [-0.39, 0.29) is 0 Å². The molecule has 2 aliphatic rings. The van der Waals surface area contributed by atoms with Crippen molar-refractivity contribution in [2.45, 2.75) is 95.6 Å². The molecule has 2 aliphatic carbocycles. The highest BCUT2D eigenvalue weighted by Crippen LogP contribution is 2.19. The van der Waals surface area contributed by atoms with Gasteiger partial charge in [0.1, 0.15) is 0 Å². The van der Waals surface area contributed by atoms with Crippen molar-refractivity contribution in [2.75, 3.05) is 13.1 Å². The summed E-state index contributed by atoms with van der Waals surface area (Å²) in [6.07, 6.45) is 17.0. The van der Waals surface area contributed by atoms with Crippen LogP contribution in [0.2, 0.25) is 0 Å². The number of rotatable bonds is 9. The van der Waals surface area contributed by atoms with Gasteiger partial charge in [0.05, 0.1) is 12.1 Å². The average molecular weight is 306 g/mol. The maximum Gasteiger partial charge on any atom is 0.0895 e. The van der Waals surface area contributed by atoms with Crippen LogP contribution >= 0.6 is 0 Å². The summed E-state index contributed by atoms with van der Waals surface area (Å²) in [5.74, 6) is 0. The molecule has 0 unspecified atom stereocenters. The van der Waals surface area contributed by atoms with Crippen molar-refractivity contribution >= 4 is 6.01 Å². The summed E-state index contributed by atoms with van der Waals surface area (Å²) in [6.45, 7) is 1.95. The number of nitrogens with zero attached hydrogens (tertiary/aromatic N) is 2. The highest BCUT2D eigenvalue weighted by molar-refractivity contribution is 5.41. The zero-order chi connectivity index (χ0) is 15.3. The lowest BCUT2D eigenvalue weighted by molar-refractivity contribution is 0.332. The smallest absolute Gasteiger partial charge is 0.0895 e. The van der Waals surface area contributed by atoms with Crippen molar-refractivity contribution in [3.63, 3.8) is 0 Å². The highest BCUT2D eigenvalue weighted by Gasteiger charge is 2.11. The maximum absolute atomic E-state index is 4.44. The van der Waals surface area contributed by atoms with E-state index in [1.54, 1.807) is 0 Å². The number of hydrogen-bond acceptors (Lipinski definition) is 4. The summed E-state index contributed by atoms with van der Waals surface area (Å²) < 4.78 is 0. The van der Waals surface area contributed by atoms with Gasteiger partial charge in [-0.1, -0.05) is 44.9 Å². The summed E-state index contributed by atoms with van der Waals surface area (Å²) >= 11 is 0. The molecule has 0 atom stereocenters. The lowest BCUT2D eigenvalue weighted by Gasteiger charge is -2.23. The van der Waals surface area contributed by atoms with E-state index in [0.29, 0.717) is 12.1 Å². The quantitative estimate of drug-likeness (QED) is 0.383. The Bertz CT molecular complexity index is 324. The minimum atomic E-state index is 0.507. The van der Waals surface area contributed by atoms with Crippen molar-refractivity contribution in [1.29, 1.82) is 0 Å². The molecular weight excluding hydrogens is 272 g/mol. The lowest BCUT2D eigenvalue weighted by atomic mass is 9.96. The van der Waals surface area contributed by atoms with E-state index in [0.717, 1.165) is 19.5 Å². The van der Waals surface area contributed by atoms with E-state index >= 15 is 0 Å². The third kappa shape index (κ3) is 8.07. The maximum atomic E-state index is 4.44. The number of hydrogen-bond donors (Lipinski definition) is 2. The monoisotopic (exact) mass is 306 g/mol. The zero-order valence-corrected chi connectivity index (χ0v) is 14.2. The fraction of sp³-hybridized carbons (Fsp3) is 0.944. The molecule has 2 fully saturated rings. The van der Waals surface area contributed by atoms with Crippen molar-refractivity contribution in [3.05, 3.63) is 0 Å². The first-order valence-electron chi connectivity index (χ1n) is 9.55. The minimum Gasteiger partial charge on any atom is -0.258 e. The standard InChI is InChI=1S/C18H34N4/c1-4-10-17(11-5-1)20-16-19-14-8-3-9-15-21-22-18-12-6-2-7-13-18/h17-18,21-22H,1-15H2. The van der Waals surface area contributed by atoms with Gasteiger partial charge in [-0.25, -0.2) is 9.98 Å². The second kappa shape index (κ2) is 11.8. The van der Waals surface area contributed by atoms with Crippen LogP contribution in [-0.4, -0.2) is 31.2 Å². The van der Waals surface area contributed by atoms with Crippen molar-refractivity contribution < 1.29 is 0 Å². The largest absolute Gasteiger partial charge is 0.258 e. The fourth-order valence-electron chi connectivity index (χ4n) is 3.43. The molecule has 0 aromatic rings. The fourth-order valence-corrected chi connectivity index (χ4v) is 3.43. The van der Waals surface area contributed by atoms with Gasteiger partial charge in [-0.2, -0.15) is 0 Å². The molecule has 0 aromatic carbocycles. The van der Waals surface area contributed by atoms with Gasteiger partial charge in [-0.05, 0) is 38.5 Å². The van der Waals surface area contributed by atoms with E-state index in [1.165, 1.54) is 77.0 Å². The summed E-state index contributed by atoms with van der Waals surface area (Å²) in [5, 5.41) is 0. The van der Waals surface area contributed by atoms with Gasteiger partial charge in [0.2, 0.25) is 0 Å². The van der Waals surface area contributed by atoms with Gasteiger partial charge in [0.15, 0.2) is 0 Å². The van der Waals surface area contributed by atoms with Gasteiger partial charge in [-0.3, -0.25) is 10.9 Å². The SMILES string of the molecule is C(=NCCCCCNNC1CCCCC1)=NC1CCCCC1. The summed E-state index contributed by atoms with van der Waals surface area (Å²) in [6, 6.07) is 4.13. The molecular formula is C18H34N4. The molecule has 22 heavy (non-hydrogen) atoms. The van der Waals surface area contributed by atoms with Crippen LogP contribution in [-0.2, 0) is 0 Å². The summed E-state index contributed by atoms with van der Waals surface area (Å²) in [7, 11) is 0. The van der Waals surface area contributed by atoms with E-state index in [9.17, 15) is 0 Å². The third-order valence-electron chi connectivity index (χ3n) is 4.87. The molecule has 0 aliphatic heterocycles. The van der Waals surface area contributed by atoms with Crippen LogP contribution in [0.5, 0.6) is 0 Å². The Kier molecular flexibility index (Phi) is 9.48. The minimum absolute atomic E-state index is 0.507. The molecule has 2 rings (SSSR count). The van der Waals surface area contributed by atoms with Crippen LogP contribution in [0.15, 0.2) is 9.98 Å². The Morgan fingerprint density at radius 2 is 1.55 bits per heavy atom. The zero-order valence-electron chi connectivity index (χ0n) is 14.2. The van der Waals surface area contributed by atoms with Crippen molar-refractivity contribution in [3.8, 4) is 0 Å². The van der Waals surface area contributed by atoms with Crippen LogP contribution < -0.4 is 10.9 Å². The molecule has 126 valence electrons. The molecule has 4 heteroatoms. The molecule has 0 saturated heterocycles. The second-order valence-corrected chi connectivity index (χ2v) is 6.87. The Labute approximate surface area is 136 Å². The van der Waals surface area contributed by atoms with Gasteiger partial charge < -0.3 is 0 Å². The topological polar surface area (TPSA) is 48.8 Å². The van der Waals surface area contributed by atoms with Gasteiger partial charge in [0.25, 0.3) is 0 Å². The van der Waals surface area contributed by atoms with Crippen LogP contribution in [0, 0.1) is 0 Å². The van der Waals surface area contributed by atoms with E-state index in [1.807, 2.05) is 0 Å². The van der Waals surface area contributed by atoms with Crippen molar-refractivity contribution in [2.24, 2.45) is 9.98 Å². The summed E-state index contributed by atoms with van der Waals surface area (Å²) in [4.78, 5) is 8.75. The Hall–Kier alpha value is -0.700. The number of nitrogens with one attached hydrogen (secondary N) is 2. The van der Waals surface area contributed by atoms with Gasteiger partial charge in [0, 0.05) is 19.1 Å². The van der Waals surface area contributed by atoms with E-state index < -0.39 is 0 Å². The average Bonchev–Trinajstić information content (AvgIpc) is 2.58. The highest BCUT2D eigenvalue weighted by atomic mass is 15.4. The van der Waals surface area contributed by atoms with Gasteiger partial charge >= 0.3 is 0 Å². The molecule has 2 saturated carbocycles. The normalized spacial score (nSPS) is 20.5. The molecule has 0 aromatic heterocycles. The second-order valence-electron chi connectivity index (χ2n) is 6.87. The molecule has 2 N–H and O–H groups in total. The predicted molar refractivity (Wildman–Crippen MR) is 93.5 cm³/mol. The van der Waals surface area contributed by atoms with E-state index in [2.05, 4.69) is 26.8 Å². The first kappa shape index (κ1) is 17.7. The van der Waals surface area contributed by atoms with Crippen LogP contribution in [0.4, 0.5) is 0 Å². The number of unbranched alkanes of at least 4 members (excludes halogenated alkanes) is 2. The molecule has 0 bridgehead atoms. The Morgan fingerprint density at radius 3 is 2.32 bits per heavy atom. The Morgan fingerprint density at radius 1 is 0.818 bits per heavy atom. The number of aliphatic imine (C=N–C) groups is 2. The van der Waals surface area contributed by atoms with Crippen LogP contribution in [0.1, 0.15) is 83.5 Å². The van der Waals surface area contributed by atoms with Crippen LogP contribution in [0.25, 0.3) is 0 Å². The molecule has 0 spiro atoms. The summed E-state index contributed by atoms with van der Waals surface area (Å²) in [5.41, 5.74) is 6.85. The third-order valence-corrected chi connectivity index (χ3v) is 4.87. The first-order valence-corrected chi connectivity index (χ1v) is 9.55. The Balaban J connectivity index is 1.38. The molecule has 0 amide bonds. The van der Waals surface area contributed by atoms with Gasteiger partial charge in [-0.15, -0.1) is 0 Å². The molecule has 0 radical (unpaired) electrons. The van der Waals surface area contributed by atoms with E-state index in [4.69, 9.17) is 0 Å². The molecule has 4 nitrogen and oxygen atoms in total. The van der Waals surface area contributed by atoms with Crippen molar-refractivity contribution in [1.82, 2.24) is 10.9 Å².